The minimum Gasteiger partial charge on any atom is -0.457 e. The first kappa shape index (κ1) is 48.4. The summed E-state index contributed by atoms with van der Waals surface area (Å²) in [5, 5.41) is 22.0. The zero-order valence-electron chi connectivity index (χ0n) is 36.1. The maximum Gasteiger partial charge on any atom is 0.329 e. The molecule has 324 valence electrons. The van der Waals surface area contributed by atoms with Crippen molar-refractivity contribution in [2.75, 3.05) is 27.9 Å². The van der Waals surface area contributed by atoms with Gasteiger partial charge in [0.25, 0.3) is 5.91 Å². The molecule has 3 rings (SSSR count). The molecule has 57 heavy (non-hydrogen) atoms. The number of methoxy groups -OCH3 is 3. The zero-order valence-corrected chi connectivity index (χ0v) is 36.1. The quantitative estimate of drug-likeness (QED) is 0.0923. The summed E-state index contributed by atoms with van der Waals surface area (Å²) >= 11 is 0. The zero-order chi connectivity index (χ0) is 42.6. The highest BCUT2D eigenvalue weighted by Crippen LogP contribution is 2.33. The van der Waals surface area contributed by atoms with Gasteiger partial charge in [-0.05, 0) is 95.5 Å². The van der Waals surface area contributed by atoms with Crippen molar-refractivity contribution < 1.29 is 57.9 Å². The smallest absolute Gasteiger partial charge is 0.329 e. The van der Waals surface area contributed by atoms with Gasteiger partial charge in [-0.25, -0.2) is 4.79 Å². The van der Waals surface area contributed by atoms with E-state index in [1.165, 1.54) is 11.8 Å². The summed E-state index contributed by atoms with van der Waals surface area (Å²) in [5.41, 5.74) is 1.71. The van der Waals surface area contributed by atoms with E-state index in [0.29, 0.717) is 69.8 Å². The van der Waals surface area contributed by atoms with Gasteiger partial charge in [0, 0.05) is 53.1 Å². The van der Waals surface area contributed by atoms with E-state index >= 15 is 0 Å². The van der Waals surface area contributed by atoms with E-state index in [4.69, 9.17) is 23.7 Å². The summed E-state index contributed by atoms with van der Waals surface area (Å²) in [6.07, 6.45) is 5.68. The molecule has 3 fully saturated rings. The van der Waals surface area contributed by atoms with Gasteiger partial charge in [0.1, 0.15) is 17.9 Å². The van der Waals surface area contributed by atoms with Crippen LogP contribution in [-0.4, -0.2) is 121 Å². The van der Waals surface area contributed by atoms with Gasteiger partial charge in [0.15, 0.2) is 6.10 Å². The predicted octanol–water partition coefficient (Wildman–Crippen LogP) is 5.32. The number of nitrogens with zero attached hydrogens (tertiary/aromatic N) is 1. The highest BCUT2D eigenvalue weighted by atomic mass is 16.6. The Morgan fingerprint density at radius 1 is 0.965 bits per heavy atom. The summed E-state index contributed by atoms with van der Waals surface area (Å²) in [7, 11) is 4.79. The van der Waals surface area contributed by atoms with E-state index in [1.807, 2.05) is 39.8 Å². The molecule has 1 aliphatic carbocycles. The van der Waals surface area contributed by atoms with E-state index in [2.05, 4.69) is 6.92 Å². The number of cyclic esters (lactones) is 1. The molecule has 2 saturated heterocycles. The molecule has 0 radical (unpaired) electrons. The van der Waals surface area contributed by atoms with Crippen LogP contribution in [0.1, 0.15) is 119 Å². The third-order valence-corrected chi connectivity index (χ3v) is 12.3. The lowest BCUT2D eigenvalue weighted by molar-refractivity contribution is -0.189. The van der Waals surface area contributed by atoms with Gasteiger partial charge in [-0.2, -0.15) is 0 Å². The average Bonchev–Trinajstić information content (AvgIpc) is 3.18. The van der Waals surface area contributed by atoms with Crippen LogP contribution in [0.4, 0.5) is 0 Å². The Morgan fingerprint density at radius 3 is 2.26 bits per heavy atom. The summed E-state index contributed by atoms with van der Waals surface area (Å²) in [5.74, 6) is -3.62. The summed E-state index contributed by atoms with van der Waals surface area (Å²) < 4.78 is 28.9. The third kappa shape index (κ3) is 13.5. The molecule has 0 aromatic carbocycles. The van der Waals surface area contributed by atoms with E-state index in [9.17, 15) is 34.2 Å². The summed E-state index contributed by atoms with van der Waals surface area (Å²) in [6, 6.07) is -0.930. The number of aliphatic hydroxyl groups excluding tert-OH is 2. The molecule has 2 N–H and O–H groups in total. The van der Waals surface area contributed by atoms with E-state index in [-0.39, 0.29) is 60.8 Å². The van der Waals surface area contributed by atoms with Crippen LogP contribution < -0.4 is 0 Å². The van der Waals surface area contributed by atoms with Crippen LogP contribution in [0.5, 0.6) is 0 Å². The largest absolute Gasteiger partial charge is 0.457 e. The van der Waals surface area contributed by atoms with E-state index in [1.54, 1.807) is 28.3 Å². The van der Waals surface area contributed by atoms with Crippen molar-refractivity contribution in [3.8, 4) is 0 Å². The number of rotatable bonds is 20. The van der Waals surface area contributed by atoms with Crippen molar-refractivity contribution in [1.82, 2.24) is 4.90 Å². The Balaban J connectivity index is 1.75. The maximum absolute atomic E-state index is 13.8. The third-order valence-electron chi connectivity index (χ3n) is 12.3. The molecule has 1 saturated carbocycles. The second-order valence-electron chi connectivity index (χ2n) is 17.0. The van der Waals surface area contributed by atoms with Crippen LogP contribution in [0.2, 0.25) is 0 Å². The fourth-order valence-corrected chi connectivity index (χ4v) is 8.90. The van der Waals surface area contributed by atoms with E-state index < -0.39 is 60.0 Å². The number of ketones is 2. The van der Waals surface area contributed by atoms with Gasteiger partial charge in [-0.3, -0.25) is 19.2 Å². The van der Waals surface area contributed by atoms with Crippen LogP contribution in [-0.2, 0) is 47.7 Å². The first-order chi connectivity index (χ1) is 26.9. The molecule has 3 aliphatic rings. The molecule has 0 bridgehead atoms. The van der Waals surface area contributed by atoms with Crippen LogP contribution in [0, 0.1) is 29.6 Å². The number of hydrogen-bond donors (Lipinski definition) is 2. The molecule has 0 unspecified atom stereocenters. The number of hydrogen-bond acceptors (Lipinski definition) is 12. The molecule has 2 aliphatic heterocycles. The van der Waals surface area contributed by atoms with Crippen molar-refractivity contribution in [3.05, 3.63) is 23.3 Å². The number of esters is 2. The minimum absolute atomic E-state index is 0.0259. The molecular formula is C44H71NO12. The number of ether oxygens (including phenoxy) is 5. The average molecular weight is 806 g/mol. The lowest BCUT2D eigenvalue weighted by atomic mass is 9.81. The molecule has 0 spiro atoms. The number of carbonyl (C=O) groups excluding carboxylic acids is 5. The highest BCUT2D eigenvalue weighted by molar-refractivity contribution is 6.35. The molecule has 13 atom stereocenters. The normalized spacial score (nSPS) is 29.4. The predicted molar refractivity (Wildman–Crippen MR) is 214 cm³/mol. The molecule has 0 aromatic rings. The Kier molecular flexibility index (Phi) is 19.5. The van der Waals surface area contributed by atoms with Crippen LogP contribution >= 0.6 is 0 Å². The molecule has 13 nitrogen and oxygen atoms in total. The number of Topliss-reactive ketones (excluding diaryl/α,β-unsaturated/α-hetero) is 2. The molecule has 13 heteroatoms. The van der Waals surface area contributed by atoms with Crippen molar-refractivity contribution in [2.45, 2.75) is 168 Å². The number of allylic oxidation sites excluding steroid dienone is 3. The number of likely N-dealkylation sites (tertiary alicyclic amines) is 1. The SMILES string of the molecule is CC[C@H](/C=C(\C)C[C@H](C)C[C@H](OC)[C@H]1OC(=O)[C@H](C)C[C@@H]1OC)C(=O)C[C@H](O)[C@@H](C)[C@H](OC(=O)[C@@H]1CCCCN1C(=O)C(C)=O)/C(C)=C/[C@@H]1CC[C@@H](O)[C@H](OC)C1. The summed E-state index contributed by atoms with van der Waals surface area (Å²) in [6.45, 7) is 12.9. The van der Waals surface area contributed by atoms with Gasteiger partial charge < -0.3 is 38.8 Å². The summed E-state index contributed by atoms with van der Waals surface area (Å²) in [4.78, 5) is 66.1. The van der Waals surface area contributed by atoms with Gasteiger partial charge in [0.05, 0.1) is 36.4 Å². The Labute approximate surface area is 340 Å². The fraction of sp³-hybridized carbons (Fsp3) is 0.795. The van der Waals surface area contributed by atoms with Crippen molar-refractivity contribution >= 4 is 29.4 Å². The Morgan fingerprint density at radius 2 is 1.65 bits per heavy atom. The minimum atomic E-state index is -1.15. The van der Waals surface area contributed by atoms with E-state index in [0.717, 1.165) is 5.57 Å². The molecule has 0 aromatic heterocycles. The lowest BCUT2D eigenvalue weighted by Crippen LogP contribution is -2.51. The van der Waals surface area contributed by atoms with Crippen LogP contribution in [0.15, 0.2) is 23.3 Å². The highest BCUT2D eigenvalue weighted by Gasteiger charge is 2.42. The first-order valence-electron chi connectivity index (χ1n) is 21.0. The van der Waals surface area contributed by atoms with Gasteiger partial charge >= 0.3 is 11.9 Å². The maximum atomic E-state index is 13.8. The van der Waals surface area contributed by atoms with Crippen molar-refractivity contribution in [3.63, 3.8) is 0 Å². The number of amides is 1. The topological polar surface area (TPSA) is 175 Å². The molecular weight excluding hydrogens is 734 g/mol. The Bertz CT molecular complexity index is 1430. The van der Waals surface area contributed by atoms with Crippen LogP contribution in [0.25, 0.3) is 0 Å². The first-order valence-corrected chi connectivity index (χ1v) is 21.0. The van der Waals surface area contributed by atoms with Gasteiger partial charge in [0.2, 0.25) is 5.78 Å². The fourth-order valence-electron chi connectivity index (χ4n) is 8.90. The second kappa shape index (κ2) is 23.0. The second-order valence-corrected chi connectivity index (χ2v) is 17.0. The van der Waals surface area contributed by atoms with Gasteiger partial charge in [-0.15, -0.1) is 0 Å². The lowest BCUT2D eigenvalue weighted by Gasteiger charge is -2.38. The number of piperidine rings is 1. The monoisotopic (exact) mass is 805 g/mol. The van der Waals surface area contributed by atoms with Gasteiger partial charge in [-0.1, -0.05) is 45.4 Å². The number of aliphatic hydroxyl groups is 2. The standard InChI is InChI=1S/C44H71NO12/c1-11-32(19-25(2)18-26(3)20-38(54-9)41-39(55-10)22-28(5)43(51)57-41)36(49)24-35(48)29(6)40(27(4)21-31-15-16-34(47)37(23-31)53-8)56-44(52)33-14-12-13-17-45(33)42(50)30(7)46/h19,21,26,28-29,31-35,37-41,47-48H,11-18,20,22-24H2,1-10H3/b25-19+,27-21+/t26-,28+,29+,31-,32+,33-,34+,35-,37+,38-,39-,40+,41+/m0/s1. The number of carbonyl (C=O) groups is 5. The van der Waals surface area contributed by atoms with Crippen molar-refractivity contribution in [2.24, 2.45) is 29.6 Å². The van der Waals surface area contributed by atoms with Crippen LogP contribution in [0.3, 0.4) is 0 Å². The molecule has 1 amide bonds. The Hall–Kier alpha value is -2.97. The molecule has 2 heterocycles. The van der Waals surface area contributed by atoms with Crippen molar-refractivity contribution in [1.29, 1.82) is 0 Å².